The second-order valence-electron chi connectivity index (χ2n) is 7.30. The first-order chi connectivity index (χ1) is 11.6. The highest BCUT2D eigenvalue weighted by molar-refractivity contribution is 5.76. The number of ether oxygens (including phenoxy) is 2. The summed E-state index contributed by atoms with van der Waals surface area (Å²) in [5.74, 6) is 1.03. The molecule has 0 aromatic carbocycles. The largest absolute Gasteiger partial charge is 0.468 e. The van der Waals surface area contributed by atoms with Crippen molar-refractivity contribution in [1.29, 1.82) is 0 Å². The van der Waals surface area contributed by atoms with Gasteiger partial charge in [0.15, 0.2) is 0 Å². The third-order valence-corrected chi connectivity index (χ3v) is 5.19. The van der Waals surface area contributed by atoms with Crippen LogP contribution in [0.1, 0.15) is 25.0 Å². The van der Waals surface area contributed by atoms with Crippen LogP contribution in [0, 0.1) is 5.41 Å². The maximum Gasteiger partial charge on any atom is 0.248 e. The quantitative estimate of drug-likeness (QED) is 0.792. The minimum Gasteiger partial charge on any atom is -0.468 e. The van der Waals surface area contributed by atoms with Crippen molar-refractivity contribution in [2.75, 3.05) is 47.0 Å². The van der Waals surface area contributed by atoms with E-state index in [0.29, 0.717) is 12.0 Å². The maximum absolute atomic E-state index is 11.5. The minimum atomic E-state index is -0.00561. The second-order valence-corrected chi connectivity index (χ2v) is 7.30. The molecule has 1 atom stereocenters. The monoisotopic (exact) mass is 336 g/mol. The predicted octanol–water partition coefficient (Wildman–Crippen LogP) is 1.76. The SMILES string of the molecule is CN(C)C(=O)COCC1CC2(CCN(Cc3ccco3)CC2)CO1. The Morgan fingerprint density at radius 3 is 2.88 bits per heavy atom. The Hall–Kier alpha value is -1.37. The summed E-state index contributed by atoms with van der Waals surface area (Å²) >= 11 is 0. The summed E-state index contributed by atoms with van der Waals surface area (Å²) in [7, 11) is 3.48. The van der Waals surface area contributed by atoms with Gasteiger partial charge in [0.1, 0.15) is 12.4 Å². The molecule has 0 N–H and O–H groups in total. The number of amides is 1. The van der Waals surface area contributed by atoms with Crippen LogP contribution in [0.25, 0.3) is 0 Å². The molecule has 0 radical (unpaired) electrons. The summed E-state index contributed by atoms with van der Waals surface area (Å²) in [6.45, 7) is 4.52. The van der Waals surface area contributed by atoms with E-state index in [1.54, 1.807) is 25.3 Å². The number of carbonyl (C=O) groups excluding carboxylic acids is 1. The molecule has 3 heterocycles. The number of nitrogens with zero attached hydrogens (tertiary/aromatic N) is 2. The van der Waals surface area contributed by atoms with E-state index in [-0.39, 0.29) is 18.6 Å². The summed E-state index contributed by atoms with van der Waals surface area (Å²) in [5, 5.41) is 0. The number of rotatable bonds is 6. The fraction of sp³-hybridized carbons (Fsp3) is 0.722. The number of hydrogen-bond acceptors (Lipinski definition) is 5. The lowest BCUT2D eigenvalue weighted by atomic mass is 9.76. The topological polar surface area (TPSA) is 55.2 Å². The second kappa shape index (κ2) is 7.68. The number of likely N-dealkylation sites (N-methyl/N-ethyl adjacent to an activating group) is 1. The van der Waals surface area contributed by atoms with Crippen molar-refractivity contribution in [3.8, 4) is 0 Å². The molecule has 24 heavy (non-hydrogen) atoms. The molecule has 6 heteroatoms. The molecule has 3 rings (SSSR count). The van der Waals surface area contributed by atoms with Crippen molar-refractivity contribution < 1.29 is 18.7 Å². The van der Waals surface area contributed by atoms with Gasteiger partial charge in [-0.15, -0.1) is 0 Å². The fourth-order valence-electron chi connectivity index (χ4n) is 3.57. The van der Waals surface area contributed by atoms with E-state index in [0.717, 1.165) is 51.3 Å². The Balaban J connectivity index is 1.38. The highest BCUT2D eigenvalue weighted by atomic mass is 16.5. The van der Waals surface area contributed by atoms with Crippen LogP contribution in [0.3, 0.4) is 0 Å². The van der Waals surface area contributed by atoms with Crippen LogP contribution >= 0.6 is 0 Å². The molecule has 2 aliphatic heterocycles. The van der Waals surface area contributed by atoms with E-state index in [1.807, 2.05) is 12.1 Å². The van der Waals surface area contributed by atoms with Crippen LogP contribution in [-0.2, 0) is 20.8 Å². The van der Waals surface area contributed by atoms with Gasteiger partial charge in [-0.2, -0.15) is 0 Å². The van der Waals surface area contributed by atoms with Crippen LogP contribution < -0.4 is 0 Å². The zero-order valence-electron chi connectivity index (χ0n) is 14.7. The first-order valence-electron chi connectivity index (χ1n) is 8.71. The molecule has 1 unspecified atom stereocenters. The van der Waals surface area contributed by atoms with Crippen molar-refractivity contribution in [2.45, 2.75) is 31.9 Å². The van der Waals surface area contributed by atoms with E-state index in [4.69, 9.17) is 13.9 Å². The van der Waals surface area contributed by atoms with Crippen LogP contribution in [0.4, 0.5) is 0 Å². The van der Waals surface area contributed by atoms with Crippen molar-refractivity contribution in [3.63, 3.8) is 0 Å². The number of likely N-dealkylation sites (tertiary alicyclic amines) is 1. The summed E-state index contributed by atoms with van der Waals surface area (Å²) in [5.41, 5.74) is 0.291. The highest BCUT2D eigenvalue weighted by Gasteiger charge is 2.42. The summed E-state index contributed by atoms with van der Waals surface area (Å²) < 4.78 is 16.9. The third-order valence-electron chi connectivity index (χ3n) is 5.19. The molecule has 134 valence electrons. The Kier molecular flexibility index (Phi) is 5.58. The number of hydrogen-bond donors (Lipinski definition) is 0. The van der Waals surface area contributed by atoms with Crippen LogP contribution in [0.5, 0.6) is 0 Å². The van der Waals surface area contributed by atoms with Crippen molar-refractivity contribution >= 4 is 5.91 Å². The molecular weight excluding hydrogens is 308 g/mol. The molecule has 0 bridgehead atoms. The molecule has 1 aromatic rings. The van der Waals surface area contributed by atoms with E-state index in [9.17, 15) is 4.79 Å². The van der Waals surface area contributed by atoms with Crippen molar-refractivity contribution in [2.24, 2.45) is 5.41 Å². The molecule has 1 spiro atoms. The number of furan rings is 1. The van der Waals surface area contributed by atoms with Gasteiger partial charge in [0.05, 0.1) is 32.1 Å². The molecule has 0 saturated carbocycles. The zero-order chi connectivity index (χ0) is 17.0. The molecule has 1 amide bonds. The first-order valence-corrected chi connectivity index (χ1v) is 8.71. The lowest BCUT2D eigenvalue weighted by molar-refractivity contribution is -0.134. The van der Waals surface area contributed by atoms with Crippen molar-refractivity contribution in [3.05, 3.63) is 24.2 Å². The average Bonchev–Trinajstić information content (AvgIpc) is 3.20. The summed E-state index contributed by atoms with van der Waals surface area (Å²) in [6, 6.07) is 3.97. The minimum absolute atomic E-state index is 0.00561. The van der Waals surface area contributed by atoms with Crippen LogP contribution in [-0.4, -0.2) is 68.8 Å². The third kappa shape index (κ3) is 4.37. The predicted molar refractivity (Wildman–Crippen MR) is 89.5 cm³/mol. The van der Waals surface area contributed by atoms with Gasteiger partial charge in [0, 0.05) is 14.1 Å². The molecule has 6 nitrogen and oxygen atoms in total. The number of piperidine rings is 1. The van der Waals surface area contributed by atoms with Gasteiger partial charge in [-0.3, -0.25) is 9.69 Å². The van der Waals surface area contributed by atoms with E-state index < -0.39 is 0 Å². The lowest BCUT2D eigenvalue weighted by Crippen LogP contribution is -2.40. The van der Waals surface area contributed by atoms with Crippen molar-refractivity contribution in [1.82, 2.24) is 9.80 Å². The molecule has 2 fully saturated rings. The van der Waals surface area contributed by atoms with Gasteiger partial charge in [0.2, 0.25) is 5.91 Å². The van der Waals surface area contributed by atoms with Gasteiger partial charge in [-0.05, 0) is 49.9 Å². The van der Waals surface area contributed by atoms with Crippen LogP contribution in [0.15, 0.2) is 22.8 Å². The average molecular weight is 336 g/mol. The maximum atomic E-state index is 11.5. The normalized spacial score (nSPS) is 23.7. The van der Waals surface area contributed by atoms with Crippen LogP contribution in [0.2, 0.25) is 0 Å². The zero-order valence-corrected chi connectivity index (χ0v) is 14.7. The van der Waals surface area contributed by atoms with Gasteiger partial charge < -0.3 is 18.8 Å². The molecular formula is C18H28N2O4. The van der Waals surface area contributed by atoms with E-state index in [2.05, 4.69) is 4.90 Å². The molecule has 2 saturated heterocycles. The Morgan fingerprint density at radius 2 is 2.21 bits per heavy atom. The number of carbonyl (C=O) groups is 1. The standard InChI is InChI=1S/C18H28N2O4/c1-19(2)17(21)13-22-12-16-10-18(14-24-16)5-7-20(8-6-18)11-15-4-3-9-23-15/h3-4,9,16H,5-8,10-14H2,1-2H3. The Labute approximate surface area is 143 Å². The smallest absolute Gasteiger partial charge is 0.248 e. The van der Waals surface area contributed by atoms with E-state index in [1.165, 1.54) is 0 Å². The van der Waals surface area contributed by atoms with Gasteiger partial charge in [-0.25, -0.2) is 0 Å². The molecule has 0 aliphatic carbocycles. The fourth-order valence-corrected chi connectivity index (χ4v) is 3.57. The molecule has 1 aromatic heterocycles. The molecule has 2 aliphatic rings. The van der Waals surface area contributed by atoms with Gasteiger partial charge in [-0.1, -0.05) is 0 Å². The Morgan fingerprint density at radius 1 is 1.42 bits per heavy atom. The van der Waals surface area contributed by atoms with Gasteiger partial charge in [0.25, 0.3) is 0 Å². The summed E-state index contributed by atoms with van der Waals surface area (Å²) in [6.07, 6.45) is 5.20. The highest BCUT2D eigenvalue weighted by Crippen LogP contribution is 2.42. The van der Waals surface area contributed by atoms with E-state index >= 15 is 0 Å². The summed E-state index contributed by atoms with van der Waals surface area (Å²) in [4.78, 5) is 15.5. The Bertz CT molecular complexity index is 521. The first kappa shape index (κ1) is 17.5. The lowest BCUT2D eigenvalue weighted by Gasteiger charge is -2.38. The van der Waals surface area contributed by atoms with Gasteiger partial charge >= 0.3 is 0 Å².